The molecule has 0 spiro atoms. The number of nitrogens with one attached hydrogen (secondary N) is 2. The molecule has 2 aromatic heterocycles. The van der Waals surface area contributed by atoms with Gasteiger partial charge in [-0.15, -0.1) is 0 Å². The Balaban J connectivity index is 0.000000266. The number of aliphatic carboxylic acids is 1. The minimum atomic E-state index is -5.08. The summed E-state index contributed by atoms with van der Waals surface area (Å²) in [5.41, 5.74) is 5.57. The Morgan fingerprint density at radius 1 is 0.700 bits per heavy atom. The van der Waals surface area contributed by atoms with Crippen molar-refractivity contribution in [3.8, 4) is 11.5 Å². The molecule has 2 aliphatic carbocycles. The number of hydrogen-bond donors (Lipinski definition) is 4. The second kappa shape index (κ2) is 24.9. The van der Waals surface area contributed by atoms with Gasteiger partial charge in [0.15, 0.2) is 23.1 Å². The van der Waals surface area contributed by atoms with Crippen molar-refractivity contribution in [2.24, 2.45) is 0 Å². The molecular weight excluding hydrogens is 968 g/mol. The Hall–Kier alpha value is -4.97. The van der Waals surface area contributed by atoms with Crippen LogP contribution in [0.1, 0.15) is 58.5 Å². The zero-order valence-corrected chi connectivity index (χ0v) is 41.4. The number of carbonyl (C=O) groups is 5. The largest absolute Gasteiger partial charge is 1.00 e. The normalized spacial score (nSPS) is 16.3. The van der Waals surface area contributed by atoms with E-state index in [0.29, 0.717) is 81.4 Å². The summed E-state index contributed by atoms with van der Waals surface area (Å²) in [5, 5.41) is 16.6. The Bertz CT molecular complexity index is 2700. The van der Waals surface area contributed by atoms with Gasteiger partial charge in [-0.2, -0.15) is 13.2 Å². The third kappa shape index (κ3) is 12.7. The van der Waals surface area contributed by atoms with E-state index >= 15 is 8.78 Å². The number of pyridine rings is 2. The molecule has 5 N–H and O–H groups in total. The first-order valence-corrected chi connectivity index (χ1v) is 21.0. The molecule has 29 heteroatoms. The Labute approximate surface area is 438 Å². The van der Waals surface area contributed by atoms with Crippen LogP contribution in [0.25, 0.3) is 21.8 Å². The fourth-order valence-electron chi connectivity index (χ4n) is 7.94. The zero-order valence-electron chi connectivity index (χ0n) is 38.3. The van der Waals surface area contributed by atoms with Crippen molar-refractivity contribution in [1.29, 1.82) is 0 Å². The monoisotopic (exact) mass is 1010 g/mol. The number of halogens is 5. The standard InChI is InChI=1S/C21H23B2FN4O6.C18H21FN4O4.C2HF3O2.K.H2O/c1-33-20-17-14(19(31)15(21(32)34-2)10-26(17)13-3-4-13)9-16(24)18(20)25-5-7-27(22-11-29)28(8-6-25)23-12-30;1-27-17-14-11(8-13(19)15(17)22-6-4-20-21-5-7-22)16(24)12(18(25)26)9-23(14)10-2-3-10;3-2(4,5)1(6)7;;/h9-13H,3-8H2,1-2H3;8-10,20-21H,2-7H2,1H3,(H,25,26);(H,6,7);;1H2/q;;;+1;/p-1. The molecule has 0 unspecified atom stereocenters. The molecule has 8 rings (SSSR count). The van der Waals surface area contributed by atoms with E-state index in [9.17, 15) is 47.0 Å². The number of ether oxygens (including phenoxy) is 3. The number of methoxy groups -OCH3 is 3. The van der Waals surface area contributed by atoms with Crippen molar-refractivity contribution in [2.75, 3.05) is 83.5 Å². The molecule has 0 bridgehead atoms. The van der Waals surface area contributed by atoms with E-state index in [1.807, 2.05) is 4.90 Å². The number of fused-ring (bicyclic) bond motifs is 2. The molecule has 370 valence electrons. The summed E-state index contributed by atoms with van der Waals surface area (Å²) in [6, 6.07) is 2.42. The van der Waals surface area contributed by atoms with Gasteiger partial charge >= 0.3 is 90.3 Å². The molecule has 2 aromatic carbocycles. The van der Waals surface area contributed by atoms with Crippen molar-refractivity contribution in [3.05, 3.63) is 67.7 Å². The van der Waals surface area contributed by atoms with Gasteiger partial charge in [0.1, 0.15) is 22.5 Å². The number of hydrogen-bond acceptors (Lipinski definition) is 17. The topological polar surface area (TPSA) is 265 Å². The molecule has 2 saturated heterocycles. The van der Waals surface area contributed by atoms with Gasteiger partial charge in [0.05, 0.1) is 55.5 Å². The number of hydrazine groups is 2. The Morgan fingerprint density at radius 3 is 1.43 bits per heavy atom. The zero-order chi connectivity index (χ0) is 49.6. The first kappa shape index (κ1) is 57.6. The predicted molar refractivity (Wildman–Crippen MR) is 239 cm³/mol. The first-order valence-electron chi connectivity index (χ1n) is 21.0. The molecule has 4 aliphatic rings. The van der Waals surface area contributed by atoms with E-state index in [4.69, 9.17) is 24.1 Å². The van der Waals surface area contributed by atoms with E-state index in [1.165, 1.54) is 48.6 Å². The number of rotatable bonds is 12. The molecule has 2 radical (unpaired) electrons. The molecule has 4 fully saturated rings. The van der Waals surface area contributed by atoms with Crippen molar-refractivity contribution in [1.82, 2.24) is 29.8 Å². The molecule has 0 amide bonds. The van der Waals surface area contributed by atoms with Crippen LogP contribution >= 0.6 is 0 Å². The van der Waals surface area contributed by atoms with Gasteiger partial charge < -0.3 is 58.4 Å². The molecule has 70 heavy (non-hydrogen) atoms. The van der Waals surface area contributed by atoms with E-state index in [-0.39, 0.29) is 108 Å². The second-order valence-electron chi connectivity index (χ2n) is 15.6. The summed E-state index contributed by atoms with van der Waals surface area (Å²) in [7, 11) is 6.64. The first-order chi connectivity index (χ1) is 32.4. The summed E-state index contributed by atoms with van der Waals surface area (Å²) in [5.74, 6) is -5.66. The van der Waals surface area contributed by atoms with Crippen LogP contribution in [0.3, 0.4) is 0 Å². The van der Waals surface area contributed by atoms with Crippen LogP contribution in [-0.4, -0.2) is 160 Å². The number of aromatic carboxylic acids is 1. The van der Waals surface area contributed by atoms with Crippen molar-refractivity contribution < 1.29 is 127 Å². The van der Waals surface area contributed by atoms with Gasteiger partial charge in [0, 0.05) is 76.8 Å². The van der Waals surface area contributed by atoms with Gasteiger partial charge in [0.25, 0.3) is 0 Å². The molecular formula is C41H46B2F5KN8O13. The van der Waals surface area contributed by atoms with Gasteiger partial charge in [-0.05, 0) is 37.8 Å². The molecule has 4 aromatic rings. The Kier molecular flexibility index (Phi) is 20.5. The van der Waals surface area contributed by atoms with Crippen LogP contribution in [0.5, 0.6) is 11.5 Å². The number of aromatic nitrogens is 2. The summed E-state index contributed by atoms with van der Waals surface area (Å²) >= 11 is 0. The van der Waals surface area contributed by atoms with Crippen LogP contribution in [-0.2, 0) is 19.1 Å². The van der Waals surface area contributed by atoms with Crippen molar-refractivity contribution >= 4 is 78.3 Å². The maximum Gasteiger partial charge on any atom is 1.00 e. The molecule has 2 aliphatic heterocycles. The molecule has 4 heterocycles. The maximum atomic E-state index is 15.6. The number of carboxylic acids is 2. The number of carboxylic acid groups (broad SMARTS) is 2. The average Bonchev–Trinajstić information content (AvgIpc) is 4.21. The van der Waals surface area contributed by atoms with Gasteiger partial charge in [-0.1, -0.05) is 0 Å². The Morgan fingerprint density at radius 2 is 1.09 bits per heavy atom. The molecule has 0 atom stereocenters. The van der Waals surface area contributed by atoms with Gasteiger partial charge in [-0.25, -0.2) is 23.2 Å². The van der Waals surface area contributed by atoms with E-state index in [2.05, 4.69) is 10.9 Å². The number of benzene rings is 2. The molecule has 2 saturated carbocycles. The third-order valence-corrected chi connectivity index (χ3v) is 11.3. The van der Waals surface area contributed by atoms with Crippen LogP contribution < -0.4 is 92.4 Å². The third-order valence-electron chi connectivity index (χ3n) is 11.3. The maximum absolute atomic E-state index is 15.6. The summed E-state index contributed by atoms with van der Waals surface area (Å²) in [6.07, 6.45) is 2.44. The second-order valence-corrected chi connectivity index (χ2v) is 15.6. The van der Waals surface area contributed by atoms with Crippen LogP contribution in [0.15, 0.2) is 34.1 Å². The average molecular weight is 1010 g/mol. The number of carbonyl (C=O) groups excluding carboxylic acids is 3. The SMILES string of the molecule is COC(=O)c1cn(C2CC2)c2c(OC)c(N3CCN([B]C=O)N([B]C=O)CC3)c(F)cc2c1=O.COc1c(N2CCNNCC2)c(F)cc2c(=O)c(C(=O)O)cn(C3CC3)c12.O=C(O)C(F)(F)F.[K+].[OH-]. The van der Waals surface area contributed by atoms with Gasteiger partial charge in [-0.3, -0.25) is 30.3 Å². The van der Waals surface area contributed by atoms with Crippen LogP contribution in [0.4, 0.5) is 33.3 Å². The van der Waals surface area contributed by atoms with Crippen molar-refractivity contribution in [3.63, 3.8) is 0 Å². The van der Waals surface area contributed by atoms with Crippen molar-refractivity contribution in [2.45, 2.75) is 43.9 Å². The number of esters is 1. The van der Waals surface area contributed by atoms with Gasteiger partial charge in [0.2, 0.25) is 10.9 Å². The fraction of sp³-hybridized carbons (Fsp3) is 0.439. The fourth-order valence-corrected chi connectivity index (χ4v) is 7.94. The summed E-state index contributed by atoms with van der Waals surface area (Å²) < 4.78 is 82.0. The summed E-state index contributed by atoms with van der Waals surface area (Å²) in [6.45, 7) is 3.61. The quantitative estimate of drug-likeness (QED) is 0.0561. The minimum absolute atomic E-state index is 0. The van der Waals surface area contributed by atoms with Crippen LogP contribution in [0, 0.1) is 11.6 Å². The number of nitrogens with zero attached hydrogens (tertiary/aromatic N) is 6. The summed E-state index contributed by atoms with van der Waals surface area (Å²) in [4.78, 5) is 87.2. The van der Waals surface area contributed by atoms with E-state index < -0.39 is 46.6 Å². The smallest absolute Gasteiger partial charge is 0.870 e. The minimum Gasteiger partial charge on any atom is -0.870 e. The van der Waals surface area contributed by atoms with E-state index in [0.717, 1.165) is 37.8 Å². The number of alkyl halides is 3. The predicted octanol–water partition coefficient (Wildman–Crippen LogP) is -1.21. The van der Waals surface area contributed by atoms with Crippen LogP contribution in [0.2, 0.25) is 0 Å². The van der Waals surface area contributed by atoms with E-state index in [1.54, 1.807) is 23.9 Å². The number of anilines is 2. The molecule has 21 nitrogen and oxygen atoms in total.